The molecule has 0 aliphatic carbocycles. The zero-order valence-corrected chi connectivity index (χ0v) is 13.7. The molecule has 122 valence electrons. The molecular weight excluding hydrogens is 312 g/mol. The van der Waals surface area contributed by atoms with Gasteiger partial charge in [-0.2, -0.15) is 0 Å². The maximum atomic E-state index is 11.9. The first-order chi connectivity index (χ1) is 11.3. The van der Waals surface area contributed by atoms with Crippen LogP contribution in [0.25, 0.3) is 0 Å². The van der Waals surface area contributed by atoms with Crippen LogP contribution in [0.2, 0.25) is 0 Å². The Morgan fingerprint density at radius 2 is 1.96 bits per heavy atom. The van der Waals surface area contributed by atoms with Crippen LogP contribution in [0.3, 0.4) is 0 Å². The molecule has 1 aliphatic heterocycles. The van der Waals surface area contributed by atoms with E-state index in [9.17, 15) is 4.79 Å². The summed E-state index contributed by atoms with van der Waals surface area (Å²) in [6.45, 7) is 3.01. The van der Waals surface area contributed by atoms with Gasteiger partial charge in [-0.3, -0.25) is 15.0 Å². The Kier molecular flexibility index (Phi) is 5.55. The molecule has 1 aromatic carbocycles. The third kappa shape index (κ3) is 5.01. The molecule has 2 aromatic rings. The second-order valence-electron chi connectivity index (χ2n) is 5.49. The number of hydrogen-bond donors (Lipinski definition) is 1. The molecule has 6 nitrogen and oxygen atoms in total. The molecule has 0 bridgehead atoms. The highest BCUT2D eigenvalue weighted by Gasteiger charge is 2.14. The Balaban J connectivity index is 1.45. The van der Waals surface area contributed by atoms with Gasteiger partial charge in [-0.25, -0.2) is 0 Å². The van der Waals surface area contributed by atoms with E-state index in [4.69, 9.17) is 4.74 Å². The maximum absolute atomic E-state index is 11.9. The number of likely N-dealkylation sites (tertiary alicyclic amines) is 1. The standard InChI is InChI=1S/C16H20N4O2S/c21-14(12-22-13-7-3-1-4-8-13)17-16-19-18-15(23-16)11-20-9-5-2-6-10-20/h1,3-4,7-8H,2,5-6,9-12H2,(H,17,19,21). The Morgan fingerprint density at radius 1 is 1.17 bits per heavy atom. The molecule has 0 unspecified atom stereocenters. The first kappa shape index (κ1) is 15.9. The monoisotopic (exact) mass is 332 g/mol. The van der Waals surface area contributed by atoms with Gasteiger partial charge in [0.25, 0.3) is 5.91 Å². The number of nitrogens with zero attached hydrogens (tertiary/aromatic N) is 3. The second kappa shape index (κ2) is 8.03. The van der Waals surface area contributed by atoms with Crippen LogP contribution in [0, 0.1) is 0 Å². The van der Waals surface area contributed by atoms with Crippen molar-refractivity contribution in [3.05, 3.63) is 35.3 Å². The predicted molar refractivity (Wildman–Crippen MR) is 89.6 cm³/mol. The summed E-state index contributed by atoms with van der Waals surface area (Å²) in [4.78, 5) is 14.3. The highest BCUT2D eigenvalue weighted by atomic mass is 32.1. The Labute approximate surface area is 139 Å². The third-order valence-electron chi connectivity index (χ3n) is 3.63. The van der Waals surface area contributed by atoms with Gasteiger partial charge in [0.15, 0.2) is 6.61 Å². The number of para-hydroxylation sites is 1. The lowest BCUT2D eigenvalue weighted by molar-refractivity contribution is -0.118. The summed E-state index contributed by atoms with van der Waals surface area (Å²) >= 11 is 1.43. The van der Waals surface area contributed by atoms with Gasteiger partial charge in [0.1, 0.15) is 10.8 Å². The number of hydrogen-bond acceptors (Lipinski definition) is 6. The van der Waals surface area contributed by atoms with Crippen molar-refractivity contribution in [2.45, 2.75) is 25.8 Å². The van der Waals surface area contributed by atoms with Crippen molar-refractivity contribution >= 4 is 22.4 Å². The van der Waals surface area contributed by atoms with Crippen LogP contribution in [-0.4, -0.2) is 40.7 Å². The molecule has 0 spiro atoms. The van der Waals surface area contributed by atoms with Gasteiger partial charge >= 0.3 is 0 Å². The fourth-order valence-corrected chi connectivity index (χ4v) is 3.30. The molecule has 0 atom stereocenters. The average Bonchev–Trinajstić information content (AvgIpc) is 3.02. The van der Waals surface area contributed by atoms with E-state index in [2.05, 4.69) is 20.4 Å². The molecule has 1 saturated heterocycles. The summed E-state index contributed by atoms with van der Waals surface area (Å²) in [5, 5.41) is 12.4. The quantitative estimate of drug-likeness (QED) is 0.880. The van der Waals surface area contributed by atoms with E-state index in [1.807, 2.05) is 30.3 Å². The molecule has 0 saturated carbocycles. The number of rotatable bonds is 6. The molecule has 1 fully saturated rings. The predicted octanol–water partition coefficient (Wildman–Crippen LogP) is 2.54. The molecular formula is C16H20N4O2S. The minimum Gasteiger partial charge on any atom is -0.484 e. The highest BCUT2D eigenvalue weighted by molar-refractivity contribution is 7.15. The summed E-state index contributed by atoms with van der Waals surface area (Å²) in [5.74, 6) is 0.445. The first-order valence-corrected chi connectivity index (χ1v) is 8.64. The Hall–Kier alpha value is -1.99. The van der Waals surface area contributed by atoms with Gasteiger partial charge in [0.05, 0.1) is 6.54 Å². The average molecular weight is 332 g/mol. The highest BCUT2D eigenvalue weighted by Crippen LogP contribution is 2.19. The molecule has 1 aliphatic rings. The van der Waals surface area contributed by atoms with E-state index in [0.29, 0.717) is 10.9 Å². The molecule has 1 amide bonds. The largest absolute Gasteiger partial charge is 0.484 e. The van der Waals surface area contributed by atoms with Crippen LogP contribution in [0.5, 0.6) is 5.75 Å². The van der Waals surface area contributed by atoms with Crippen molar-refractivity contribution in [3.63, 3.8) is 0 Å². The number of carbonyl (C=O) groups excluding carboxylic acids is 1. The molecule has 23 heavy (non-hydrogen) atoms. The number of aromatic nitrogens is 2. The van der Waals surface area contributed by atoms with Gasteiger partial charge in [0, 0.05) is 0 Å². The minimum atomic E-state index is -0.227. The van der Waals surface area contributed by atoms with Crippen LogP contribution < -0.4 is 10.1 Å². The van der Waals surface area contributed by atoms with Crippen molar-refractivity contribution in [2.24, 2.45) is 0 Å². The van der Waals surface area contributed by atoms with E-state index in [1.54, 1.807) is 0 Å². The van der Waals surface area contributed by atoms with E-state index in [1.165, 1.54) is 30.6 Å². The zero-order valence-electron chi connectivity index (χ0n) is 12.9. The molecule has 2 heterocycles. The van der Waals surface area contributed by atoms with Gasteiger partial charge in [0.2, 0.25) is 5.13 Å². The molecule has 0 radical (unpaired) electrons. The number of anilines is 1. The number of ether oxygens (including phenoxy) is 1. The topological polar surface area (TPSA) is 67.3 Å². The van der Waals surface area contributed by atoms with Crippen LogP contribution in [-0.2, 0) is 11.3 Å². The smallest absolute Gasteiger partial charge is 0.264 e. The lowest BCUT2D eigenvalue weighted by Gasteiger charge is -2.24. The van der Waals surface area contributed by atoms with Crippen LogP contribution in [0.4, 0.5) is 5.13 Å². The number of benzene rings is 1. The van der Waals surface area contributed by atoms with Gasteiger partial charge < -0.3 is 4.74 Å². The number of nitrogens with one attached hydrogen (secondary N) is 1. The van der Waals surface area contributed by atoms with Gasteiger partial charge in [-0.1, -0.05) is 36.0 Å². The molecule has 1 N–H and O–H groups in total. The van der Waals surface area contributed by atoms with Crippen molar-refractivity contribution < 1.29 is 9.53 Å². The van der Waals surface area contributed by atoms with Gasteiger partial charge in [-0.05, 0) is 38.1 Å². The molecule has 7 heteroatoms. The van der Waals surface area contributed by atoms with E-state index < -0.39 is 0 Å². The number of piperidine rings is 1. The Morgan fingerprint density at radius 3 is 2.74 bits per heavy atom. The lowest BCUT2D eigenvalue weighted by atomic mass is 10.1. The van der Waals surface area contributed by atoms with Crippen LogP contribution in [0.1, 0.15) is 24.3 Å². The summed E-state index contributed by atoms with van der Waals surface area (Å²) in [6.07, 6.45) is 3.81. The van der Waals surface area contributed by atoms with Crippen molar-refractivity contribution in [1.29, 1.82) is 0 Å². The van der Waals surface area contributed by atoms with Crippen LogP contribution >= 0.6 is 11.3 Å². The summed E-state index contributed by atoms with van der Waals surface area (Å²) in [7, 11) is 0. The van der Waals surface area contributed by atoms with Gasteiger partial charge in [-0.15, -0.1) is 10.2 Å². The first-order valence-electron chi connectivity index (χ1n) is 7.82. The van der Waals surface area contributed by atoms with Crippen molar-refractivity contribution in [3.8, 4) is 5.75 Å². The second-order valence-corrected chi connectivity index (χ2v) is 6.55. The summed E-state index contributed by atoms with van der Waals surface area (Å²) < 4.78 is 5.40. The summed E-state index contributed by atoms with van der Waals surface area (Å²) in [6, 6.07) is 9.26. The van der Waals surface area contributed by atoms with Crippen LogP contribution in [0.15, 0.2) is 30.3 Å². The Bertz CT molecular complexity index is 626. The van der Waals surface area contributed by atoms with Crippen molar-refractivity contribution in [1.82, 2.24) is 15.1 Å². The fourth-order valence-electron chi connectivity index (χ4n) is 2.50. The van der Waals surface area contributed by atoms with E-state index >= 15 is 0 Å². The SMILES string of the molecule is O=C(COc1ccccc1)Nc1nnc(CN2CCCCC2)s1. The minimum absolute atomic E-state index is 0.0367. The third-order valence-corrected chi connectivity index (χ3v) is 4.46. The maximum Gasteiger partial charge on any atom is 0.264 e. The van der Waals surface area contributed by atoms with Crippen molar-refractivity contribution in [2.75, 3.05) is 25.0 Å². The lowest BCUT2D eigenvalue weighted by Crippen LogP contribution is -2.28. The molecule has 1 aromatic heterocycles. The zero-order chi connectivity index (χ0) is 15.9. The summed E-state index contributed by atoms with van der Waals surface area (Å²) in [5.41, 5.74) is 0. The number of carbonyl (C=O) groups is 1. The molecule has 3 rings (SSSR count). The van der Waals surface area contributed by atoms with E-state index in [0.717, 1.165) is 24.6 Å². The van der Waals surface area contributed by atoms with E-state index in [-0.39, 0.29) is 12.5 Å². The normalized spacial score (nSPS) is 15.3. The number of amides is 1. The fraction of sp³-hybridized carbons (Fsp3) is 0.438.